The third kappa shape index (κ3) is 5.25. The molecule has 3 N–H and O–H groups in total. The molecule has 0 aliphatic carbocycles. The van der Waals surface area contributed by atoms with Crippen LogP contribution in [0.25, 0.3) is 0 Å². The highest BCUT2D eigenvalue weighted by Gasteiger charge is 2.19. The summed E-state index contributed by atoms with van der Waals surface area (Å²) >= 11 is 0. The standard InChI is InChI=1S/C10H20N4O4S/c1-11-7-9-8-12-14-10(9)19(15,16)13-3-4-18-6-5-17-2/h8,11,13H,3-7H2,1-2H3,(H,12,14). The number of nitrogens with zero attached hydrogens (tertiary/aromatic N) is 1. The molecule has 0 bridgehead atoms. The number of methoxy groups -OCH3 is 1. The minimum atomic E-state index is -3.58. The number of aromatic nitrogens is 2. The Balaban J connectivity index is 2.45. The third-order valence-corrected chi connectivity index (χ3v) is 3.76. The van der Waals surface area contributed by atoms with Crippen molar-refractivity contribution in [3.05, 3.63) is 11.8 Å². The van der Waals surface area contributed by atoms with Crippen LogP contribution < -0.4 is 10.0 Å². The summed E-state index contributed by atoms with van der Waals surface area (Å²) in [5, 5.41) is 9.20. The predicted molar refractivity (Wildman–Crippen MR) is 69.2 cm³/mol. The Morgan fingerprint density at radius 3 is 2.84 bits per heavy atom. The van der Waals surface area contributed by atoms with E-state index in [2.05, 4.69) is 20.2 Å². The van der Waals surface area contributed by atoms with Crippen molar-refractivity contribution < 1.29 is 17.9 Å². The van der Waals surface area contributed by atoms with Gasteiger partial charge in [0.15, 0.2) is 5.03 Å². The Hall–Kier alpha value is -1.00. The maximum absolute atomic E-state index is 12.0. The maximum atomic E-state index is 12.0. The van der Waals surface area contributed by atoms with Crippen LogP contribution in [0.2, 0.25) is 0 Å². The molecule has 1 aromatic rings. The molecule has 0 amide bonds. The Morgan fingerprint density at radius 1 is 1.37 bits per heavy atom. The van der Waals surface area contributed by atoms with Gasteiger partial charge in [0.1, 0.15) is 0 Å². The van der Waals surface area contributed by atoms with Crippen molar-refractivity contribution in [3.63, 3.8) is 0 Å². The van der Waals surface area contributed by atoms with Gasteiger partial charge >= 0.3 is 0 Å². The number of nitrogens with one attached hydrogen (secondary N) is 3. The lowest BCUT2D eigenvalue weighted by atomic mass is 10.4. The van der Waals surface area contributed by atoms with E-state index in [1.165, 1.54) is 6.20 Å². The molecular formula is C10H20N4O4S. The van der Waals surface area contributed by atoms with E-state index < -0.39 is 10.0 Å². The van der Waals surface area contributed by atoms with Crippen LogP contribution in [0.3, 0.4) is 0 Å². The maximum Gasteiger partial charge on any atom is 0.257 e. The summed E-state index contributed by atoms with van der Waals surface area (Å²) in [6.07, 6.45) is 1.49. The molecule has 0 radical (unpaired) electrons. The summed E-state index contributed by atoms with van der Waals surface area (Å²) in [5.74, 6) is 0. The molecule has 0 aliphatic heterocycles. The van der Waals surface area contributed by atoms with Crippen molar-refractivity contribution in [2.24, 2.45) is 0 Å². The van der Waals surface area contributed by atoms with Gasteiger partial charge in [-0.3, -0.25) is 5.10 Å². The fourth-order valence-electron chi connectivity index (χ4n) is 1.41. The van der Waals surface area contributed by atoms with E-state index >= 15 is 0 Å². The number of hydrogen-bond donors (Lipinski definition) is 3. The second-order valence-electron chi connectivity index (χ2n) is 3.76. The van der Waals surface area contributed by atoms with Crippen LogP contribution in [0.15, 0.2) is 11.2 Å². The SMILES string of the molecule is CNCc1cn[nH]c1S(=O)(=O)NCCOCCOC. The summed E-state index contributed by atoms with van der Waals surface area (Å²) in [4.78, 5) is 0. The molecule has 1 rings (SSSR count). The fraction of sp³-hybridized carbons (Fsp3) is 0.700. The molecule has 1 aromatic heterocycles. The lowest BCUT2D eigenvalue weighted by molar-refractivity contribution is 0.0736. The minimum Gasteiger partial charge on any atom is -0.382 e. The van der Waals surface area contributed by atoms with Gasteiger partial charge < -0.3 is 14.8 Å². The summed E-state index contributed by atoms with van der Waals surface area (Å²) < 4.78 is 36.4. The lowest BCUT2D eigenvalue weighted by Crippen LogP contribution is -2.29. The van der Waals surface area contributed by atoms with Gasteiger partial charge in [0.2, 0.25) is 0 Å². The average molecular weight is 292 g/mol. The van der Waals surface area contributed by atoms with Gasteiger partial charge in [-0.15, -0.1) is 0 Å². The normalized spacial score (nSPS) is 11.9. The largest absolute Gasteiger partial charge is 0.382 e. The second-order valence-corrected chi connectivity index (χ2v) is 5.46. The zero-order chi connectivity index (χ0) is 14.1. The van der Waals surface area contributed by atoms with E-state index in [0.717, 1.165) is 0 Å². The van der Waals surface area contributed by atoms with Crippen molar-refractivity contribution in [2.75, 3.05) is 40.5 Å². The molecule has 110 valence electrons. The molecule has 0 spiro atoms. The third-order valence-electron chi connectivity index (χ3n) is 2.28. The van der Waals surface area contributed by atoms with Crippen LogP contribution in [0.1, 0.15) is 5.56 Å². The van der Waals surface area contributed by atoms with Gasteiger partial charge in [0.25, 0.3) is 10.0 Å². The summed E-state index contributed by atoms with van der Waals surface area (Å²) in [5.41, 5.74) is 0.593. The van der Waals surface area contributed by atoms with Gasteiger partial charge in [-0.25, -0.2) is 13.1 Å². The highest BCUT2D eigenvalue weighted by molar-refractivity contribution is 7.89. The molecule has 0 aromatic carbocycles. The van der Waals surface area contributed by atoms with E-state index in [1.54, 1.807) is 14.2 Å². The second kappa shape index (κ2) is 8.23. The zero-order valence-electron chi connectivity index (χ0n) is 11.1. The van der Waals surface area contributed by atoms with Crippen LogP contribution in [0.4, 0.5) is 0 Å². The lowest BCUT2D eigenvalue weighted by Gasteiger charge is -2.07. The van der Waals surface area contributed by atoms with Gasteiger partial charge in [-0.05, 0) is 7.05 Å². The molecule has 0 fully saturated rings. The Kier molecular flexibility index (Phi) is 6.95. The van der Waals surface area contributed by atoms with Crippen molar-refractivity contribution in [1.82, 2.24) is 20.2 Å². The van der Waals surface area contributed by atoms with Crippen LogP contribution in [-0.4, -0.2) is 59.1 Å². The van der Waals surface area contributed by atoms with E-state index in [-0.39, 0.29) is 18.2 Å². The van der Waals surface area contributed by atoms with Crippen molar-refractivity contribution >= 4 is 10.0 Å². The number of rotatable bonds is 10. The first kappa shape index (κ1) is 16.1. The highest BCUT2D eigenvalue weighted by Crippen LogP contribution is 2.10. The number of ether oxygens (including phenoxy) is 2. The number of sulfonamides is 1. The molecule has 0 saturated carbocycles. The number of H-pyrrole nitrogens is 1. The molecule has 0 aliphatic rings. The Morgan fingerprint density at radius 2 is 2.16 bits per heavy atom. The molecule has 8 nitrogen and oxygen atoms in total. The van der Waals surface area contributed by atoms with Crippen molar-refractivity contribution in [3.8, 4) is 0 Å². The molecule has 1 heterocycles. The van der Waals surface area contributed by atoms with Gasteiger partial charge in [0, 0.05) is 25.8 Å². The molecule has 9 heteroatoms. The number of hydrogen-bond acceptors (Lipinski definition) is 6. The first-order chi connectivity index (χ1) is 9.11. The first-order valence-electron chi connectivity index (χ1n) is 5.85. The van der Waals surface area contributed by atoms with Gasteiger partial charge in [-0.1, -0.05) is 0 Å². The van der Waals surface area contributed by atoms with E-state index in [9.17, 15) is 8.42 Å². The smallest absolute Gasteiger partial charge is 0.257 e. The van der Waals surface area contributed by atoms with E-state index in [4.69, 9.17) is 9.47 Å². The van der Waals surface area contributed by atoms with Crippen molar-refractivity contribution in [1.29, 1.82) is 0 Å². The molecule has 0 unspecified atom stereocenters. The Labute approximate surface area is 112 Å². The monoisotopic (exact) mass is 292 g/mol. The van der Waals surface area contributed by atoms with Crippen molar-refractivity contribution in [2.45, 2.75) is 11.6 Å². The van der Waals surface area contributed by atoms with Crippen LogP contribution in [-0.2, 0) is 26.0 Å². The first-order valence-corrected chi connectivity index (χ1v) is 7.33. The fourth-order valence-corrected chi connectivity index (χ4v) is 2.55. The summed E-state index contributed by atoms with van der Waals surface area (Å²) in [6, 6.07) is 0. The topological polar surface area (TPSA) is 105 Å². The molecule has 0 saturated heterocycles. The predicted octanol–water partition coefficient (Wildman–Crippen LogP) is -0.930. The van der Waals surface area contributed by atoms with E-state index in [1.807, 2.05) is 0 Å². The number of aromatic amines is 1. The Bertz CT molecular complexity index is 460. The van der Waals surface area contributed by atoms with Crippen LogP contribution in [0, 0.1) is 0 Å². The van der Waals surface area contributed by atoms with E-state index in [0.29, 0.717) is 25.3 Å². The minimum absolute atomic E-state index is 0.0822. The average Bonchev–Trinajstić information content (AvgIpc) is 2.83. The van der Waals surface area contributed by atoms with Gasteiger partial charge in [-0.2, -0.15) is 5.10 Å². The summed E-state index contributed by atoms with van der Waals surface area (Å²) in [7, 11) is -0.268. The summed E-state index contributed by atoms with van der Waals surface area (Å²) in [6.45, 7) is 1.84. The molecule has 19 heavy (non-hydrogen) atoms. The highest BCUT2D eigenvalue weighted by atomic mass is 32.2. The quantitative estimate of drug-likeness (QED) is 0.481. The van der Waals surface area contributed by atoms with Crippen LogP contribution >= 0.6 is 0 Å². The molecular weight excluding hydrogens is 272 g/mol. The zero-order valence-corrected chi connectivity index (χ0v) is 11.9. The van der Waals surface area contributed by atoms with Gasteiger partial charge in [0.05, 0.1) is 26.0 Å². The molecule has 0 atom stereocenters. The van der Waals surface area contributed by atoms with Crippen LogP contribution in [0.5, 0.6) is 0 Å².